The van der Waals surface area contributed by atoms with Crippen LogP contribution in [-0.2, 0) is 11.3 Å². The fraction of sp³-hybridized carbons (Fsp3) is 0.158. The molecule has 0 aliphatic rings. The Bertz CT molecular complexity index is 833. The number of benzene rings is 2. The minimum absolute atomic E-state index is 0.0366. The van der Waals surface area contributed by atoms with Crippen LogP contribution in [0.1, 0.15) is 5.56 Å². The molecule has 0 spiro atoms. The molecule has 0 aliphatic carbocycles. The molecular weight excluding hydrogens is 334 g/mol. The molecule has 0 radical (unpaired) electrons. The molecule has 0 bridgehead atoms. The highest BCUT2D eigenvalue weighted by atomic mass is 32.2. The van der Waals surface area contributed by atoms with E-state index in [-0.39, 0.29) is 5.91 Å². The number of rotatable bonds is 7. The highest BCUT2D eigenvalue weighted by molar-refractivity contribution is 7.99. The first-order chi connectivity index (χ1) is 12.2. The van der Waals surface area contributed by atoms with E-state index in [1.54, 1.807) is 13.3 Å². The van der Waals surface area contributed by atoms with Crippen molar-refractivity contribution >= 4 is 17.7 Å². The van der Waals surface area contributed by atoms with Crippen molar-refractivity contribution < 1.29 is 9.53 Å². The van der Waals surface area contributed by atoms with Crippen molar-refractivity contribution in [3.05, 3.63) is 66.4 Å². The lowest BCUT2D eigenvalue weighted by Gasteiger charge is -2.06. The zero-order valence-corrected chi connectivity index (χ0v) is 14.7. The Balaban J connectivity index is 1.48. The number of carbonyl (C=O) groups excluding carboxylic acids is 1. The Morgan fingerprint density at radius 3 is 2.84 bits per heavy atom. The van der Waals surface area contributed by atoms with Crippen LogP contribution in [0, 0.1) is 0 Å². The monoisotopic (exact) mass is 353 g/mol. The lowest BCUT2D eigenvalue weighted by Crippen LogP contribution is -2.24. The minimum atomic E-state index is -0.0366. The van der Waals surface area contributed by atoms with Crippen LogP contribution in [0.2, 0.25) is 0 Å². The van der Waals surface area contributed by atoms with Gasteiger partial charge in [0.2, 0.25) is 5.91 Å². The predicted molar refractivity (Wildman–Crippen MR) is 99.6 cm³/mol. The van der Waals surface area contributed by atoms with E-state index in [0.29, 0.717) is 12.3 Å². The SMILES string of the molecule is COc1cccc(CNC(=O)CSc2ncc(-c3ccccc3)[nH]2)c1. The number of methoxy groups -OCH3 is 1. The second-order valence-electron chi connectivity index (χ2n) is 5.38. The maximum Gasteiger partial charge on any atom is 0.230 e. The molecule has 6 heteroatoms. The van der Waals surface area contributed by atoms with Gasteiger partial charge in [0.05, 0.1) is 24.8 Å². The quantitative estimate of drug-likeness (QED) is 0.638. The molecule has 1 aromatic heterocycles. The number of hydrogen-bond donors (Lipinski definition) is 2. The molecule has 2 N–H and O–H groups in total. The number of nitrogens with one attached hydrogen (secondary N) is 2. The summed E-state index contributed by atoms with van der Waals surface area (Å²) in [6, 6.07) is 17.6. The smallest absolute Gasteiger partial charge is 0.230 e. The van der Waals surface area contributed by atoms with Crippen molar-refractivity contribution in [2.45, 2.75) is 11.7 Å². The number of aromatic amines is 1. The second kappa shape index (κ2) is 8.39. The molecular formula is C19H19N3O2S. The summed E-state index contributed by atoms with van der Waals surface area (Å²) >= 11 is 1.38. The van der Waals surface area contributed by atoms with Crippen molar-refractivity contribution in [2.24, 2.45) is 0 Å². The standard InChI is InChI=1S/C19H19N3O2S/c1-24-16-9-5-6-14(10-16)11-20-18(23)13-25-19-21-12-17(22-19)15-7-3-2-4-8-15/h2-10,12H,11,13H2,1H3,(H,20,23)(H,21,22). The first-order valence-corrected chi connectivity index (χ1v) is 8.86. The van der Waals surface area contributed by atoms with Crippen LogP contribution in [0.15, 0.2) is 66.0 Å². The molecule has 5 nitrogen and oxygen atoms in total. The van der Waals surface area contributed by atoms with E-state index in [0.717, 1.165) is 27.7 Å². The minimum Gasteiger partial charge on any atom is -0.497 e. The zero-order chi connectivity index (χ0) is 17.5. The molecule has 0 unspecified atom stereocenters. The van der Waals surface area contributed by atoms with E-state index in [2.05, 4.69) is 15.3 Å². The molecule has 1 heterocycles. The largest absolute Gasteiger partial charge is 0.497 e. The number of ether oxygens (including phenoxy) is 1. The number of carbonyl (C=O) groups is 1. The summed E-state index contributed by atoms with van der Waals surface area (Å²) in [6.07, 6.45) is 1.78. The van der Waals surface area contributed by atoms with Crippen molar-refractivity contribution in [1.29, 1.82) is 0 Å². The van der Waals surface area contributed by atoms with Gasteiger partial charge in [0.25, 0.3) is 0 Å². The summed E-state index contributed by atoms with van der Waals surface area (Å²) in [5.41, 5.74) is 3.02. The maximum absolute atomic E-state index is 12.0. The number of aromatic nitrogens is 2. The average molecular weight is 353 g/mol. The molecule has 2 aromatic carbocycles. The first-order valence-electron chi connectivity index (χ1n) is 7.87. The van der Waals surface area contributed by atoms with E-state index in [1.165, 1.54) is 11.8 Å². The number of hydrogen-bond acceptors (Lipinski definition) is 4. The summed E-state index contributed by atoms with van der Waals surface area (Å²) in [5.74, 6) is 1.06. The van der Waals surface area contributed by atoms with Crippen LogP contribution < -0.4 is 10.1 Å². The van der Waals surface area contributed by atoms with E-state index in [9.17, 15) is 4.79 Å². The molecule has 0 atom stereocenters. The van der Waals surface area contributed by atoms with E-state index < -0.39 is 0 Å². The van der Waals surface area contributed by atoms with Crippen molar-refractivity contribution in [2.75, 3.05) is 12.9 Å². The van der Waals surface area contributed by atoms with Gasteiger partial charge in [0.1, 0.15) is 5.75 Å². The zero-order valence-electron chi connectivity index (χ0n) is 13.9. The Morgan fingerprint density at radius 2 is 2.04 bits per heavy atom. The Kier molecular flexibility index (Phi) is 5.74. The number of H-pyrrole nitrogens is 1. The van der Waals surface area contributed by atoms with Gasteiger partial charge in [-0.15, -0.1) is 0 Å². The molecule has 3 rings (SSSR count). The van der Waals surface area contributed by atoms with Gasteiger partial charge < -0.3 is 15.0 Å². The first kappa shape index (κ1) is 17.1. The number of amides is 1. The van der Waals surface area contributed by atoms with Crippen molar-refractivity contribution in [1.82, 2.24) is 15.3 Å². The van der Waals surface area contributed by atoms with Crippen molar-refractivity contribution in [3.8, 4) is 17.0 Å². The Hall–Kier alpha value is -2.73. The summed E-state index contributed by atoms with van der Waals surface area (Å²) in [7, 11) is 1.63. The summed E-state index contributed by atoms with van der Waals surface area (Å²) in [6.45, 7) is 0.476. The number of nitrogens with zero attached hydrogens (tertiary/aromatic N) is 1. The van der Waals surface area contributed by atoms with Gasteiger partial charge in [-0.2, -0.15) is 0 Å². The molecule has 3 aromatic rings. The average Bonchev–Trinajstić information content (AvgIpc) is 3.15. The van der Waals surface area contributed by atoms with E-state index in [4.69, 9.17) is 4.74 Å². The lowest BCUT2D eigenvalue weighted by atomic mass is 10.2. The van der Waals surface area contributed by atoms with Crippen LogP contribution in [0.5, 0.6) is 5.75 Å². The maximum atomic E-state index is 12.0. The lowest BCUT2D eigenvalue weighted by molar-refractivity contribution is -0.118. The normalized spacial score (nSPS) is 10.4. The van der Waals surface area contributed by atoms with Crippen LogP contribution >= 0.6 is 11.8 Å². The van der Waals surface area contributed by atoms with Gasteiger partial charge in [-0.1, -0.05) is 54.2 Å². The third-order valence-corrected chi connectivity index (χ3v) is 4.49. The van der Waals surface area contributed by atoms with Gasteiger partial charge in [-0.25, -0.2) is 4.98 Å². The fourth-order valence-corrected chi connectivity index (χ4v) is 2.99. The van der Waals surface area contributed by atoms with Gasteiger partial charge in [0, 0.05) is 6.54 Å². The topological polar surface area (TPSA) is 67.0 Å². The van der Waals surface area contributed by atoms with Gasteiger partial charge in [0.15, 0.2) is 5.16 Å². The summed E-state index contributed by atoms with van der Waals surface area (Å²) in [4.78, 5) is 19.6. The molecule has 0 saturated carbocycles. The van der Waals surface area contributed by atoms with Crippen LogP contribution in [0.3, 0.4) is 0 Å². The van der Waals surface area contributed by atoms with Crippen LogP contribution in [0.4, 0.5) is 0 Å². The van der Waals surface area contributed by atoms with Crippen LogP contribution in [-0.4, -0.2) is 28.7 Å². The number of imidazole rings is 1. The summed E-state index contributed by atoms with van der Waals surface area (Å²) in [5, 5.41) is 3.63. The number of thioether (sulfide) groups is 1. The third-order valence-electron chi connectivity index (χ3n) is 3.60. The van der Waals surface area contributed by atoms with Gasteiger partial charge in [-0.3, -0.25) is 4.79 Å². The predicted octanol–water partition coefficient (Wildman–Crippen LogP) is 3.49. The summed E-state index contributed by atoms with van der Waals surface area (Å²) < 4.78 is 5.18. The highest BCUT2D eigenvalue weighted by Gasteiger charge is 2.07. The van der Waals surface area contributed by atoms with Gasteiger partial charge in [-0.05, 0) is 23.3 Å². The highest BCUT2D eigenvalue weighted by Crippen LogP contribution is 2.21. The van der Waals surface area contributed by atoms with E-state index in [1.807, 2.05) is 54.6 Å². The third kappa shape index (κ3) is 4.87. The molecule has 25 heavy (non-hydrogen) atoms. The van der Waals surface area contributed by atoms with Crippen molar-refractivity contribution in [3.63, 3.8) is 0 Å². The van der Waals surface area contributed by atoms with Gasteiger partial charge >= 0.3 is 0 Å². The van der Waals surface area contributed by atoms with Crippen LogP contribution in [0.25, 0.3) is 11.3 Å². The fourth-order valence-electron chi connectivity index (χ4n) is 2.31. The molecule has 128 valence electrons. The van der Waals surface area contributed by atoms with E-state index >= 15 is 0 Å². The second-order valence-corrected chi connectivity index (χ2v) is 6.35. The molecule has 0 saturated heterocycles. The Morgan fingerprint density at radius 1 is 1.20 bits per heavy atom. The molecule has 0 fully saturated rings. The molecule has 0 aliphatic heterocycles. The molecule has 1 amide bonds. The Labute approximate surface area is 150 Å².